The van der Waals surface area contributed by atoms with Crippen LogP contribution in [-0.2, 0) is 0 Å². The van der Waals surface area contributed by atoms with Crippen LogP contribution in [0.25, 0.3) is 0 Å². The van der Waals surface area contributed by atoms with Gasteiger partial charge in [-0.1, -0.05) is 6.92 Å². The summed E-state index contributed by atoms with van der Waals surface area (Å²) in [6.45, 7) is 7.82. The molecule has 0 bridgehead atoms. The topological polar surface area (TPSA) is 59.6 Å². The molecule has 124 valence electrons. The maximum atomic E-state index is 12.1. The van der Waals surface area contributed by atoms with Gasteiger partial charge in [0.25, 0.3) is 5.91 Å². The molecule has 1 aromatic rings. The minimum absolute atomic E-state index is 0. The highest BCUT2D eigenvalue weighted by atomic mass is 35.5. The molecule has 1 aliphatic heterocycles. The van der Waals surface area contributed by atoms with E-state index in [1.165, 1.54) is 0 Å². The van der Waals surface area contributed by atoms with E-state index in [1.807, 2.05) is 6.92 Å². The van der Waals surface area contributed by atoms with Crippen molar-refractivity contribution in [2.75, 3.05) is 32.8 Å². The van der Waals surface area contributed by atoms with Gasteiger partial charge in [0.1, 0.15) is 0 Å². The maximum absolute atomic E-state index is 12.1. The zero-order valence-corrected chi connectivity index (χ0v) is 14.0. The van der Waals surface area contributed by atoms with Crippen LogP contribution in [0.2, 0.25) is 0 Å². The standard InChI is InChI=1S/C16H24N2O3.ClH/c1-3-7-21-14-6-5-13(8-15(14)20-4-2)16(19)18-11-12-9-17-10-12;/h5-6,8,12,17H,3-4,7,9-11H2,1-2H3,(H,18,19);1H. The van der Waals surface area contributed by atoms with E-state index in [-0.39, 0.29) is 18.3 Å². The molecule has 2 rings (SSSR count). The smallest absolute Gasteiger partial charge is 0.251 e. The summed E-state index contributed by atoms with van der Waals surface area (Å²) in [5, 5.41) is 6.15. The Morgan fingerprint density at radius 2 is 2.05 bits per heavy atom. The third kappa shape index (κ3) is 5.07. The van der Waals surface area contributed by atoms with Gasteiger partial charge in [0.15, 0.2) is 11.5 Å². The van der Waals surface area contributed by atoms with Crippen molar-refractivity contribution in [1.82, 2.24) is 10.6 Å². The molecule has 6 heteroatoms. The van der Waals surface area contributed by atoms with Crippen LogP contribution in [0.1, 0.15) is 30.6 Å². The van der Waals surface area contributed by atoms with Gasteiger partial charge < -0.3 is 20.1 Å². The fraction of sp³-hybridized carbons (Fsp3) is 0.562. The fourth-order valence-corrected chi connectivity index (χ4v) is 2.08. The third-order valence-corrected chi connectivity index (χ3v) is 3.38. The zero-order valence-electron chi connectivity index (χ0n) is 13.2. The van der Waals surface area contributed by atoms with Gasteiger partial charge in [0.05, 0.1) is 13.2 Å². The van der Waals surface area contributed by atoms with Gasteiger partial charge in [0.2, 0.25) is 0 Å². The van der Waals surface area contributed by atoms with E-state index in [0.29, 0.717) is 42.7 Å². The Morgan fingerprint density at radius 1 is 1.27 bits per heavy atom. The Kier molecular flexibility index (Phi) is 8.06. The molecule has 1 heterocycles. The van der Waals surface area contributed by atoms with Crippen LogP contribution < -0.4 is 20.1 Å². The van der Waals surface area contributed by atoms with Gasteiger partial charge in [-0.2, -0.15) is 0 Å². The number of carbonyl (C=O) groups excluding carboxylic acids is 1. The Hall–Kier alpha value is -1.46. The molecule has 0 saturated carbocycles. The molecule has 5 nitrogen and oxygen atoms in total. The first-order valence-electron chi connectivity index (χ1n) is 7.63. The molecule has 0 aromatic heterocycles. The van der Waals surface area contributed by atoms with Gasteiger partial charge in [-0.15, -0.1) is 12.4 Å². The van der Waals surface area contributed by atoms with E-state index < -0.39 is 0 Å². The molecule has 0 radical (unpaired) electrons. The number of hydrogen-bond acceptors (Lipinski definition) is 4. The molecule has 2 N–H and O–H groups in total. The van der Waals surface area contributed by atoms with Crippen molar-refractivity contribution in [1.29, 1.82) is 0 Å². The van der Waals surface area contributed by atoms with Crippen molar-refractivity contribution >= 4 is 18.3 Å². The SMILES string of the molecule is CCCOc1ccc(C(=O)NCC2CNC2)cc1OCC.Cl. The second-order valence-electron chi connectivity index (χ2n) is 5.18. The molecule has 1 amide bonds. The minimum Gasteiger partial charge on any atom is -0.490 e. The fourth-order valence-electron chi connectivity index (χ4n) is 2.08. The van der Waals surface area contributed by atoms with E-state index in [4.69, 9.17) is 9.47 Å². The average Bonchev–Trinajstić information content (AvgIpc) is 2.44. The number of carbonyl (C=O) groups is 1. The van der Waals surface area contributed by atoms with Gasteiger partial charge in [-0.3, -0.25) is 4.79 Å². The molecular weight excluding hydrogens is 304 g/mol. The van der Waals surface area contributed by atoms with Crippen molar-refractivity contribution < 1.29 is 14.3 Å². The lowest BCUT2D eigenvalue weighted by molar-refractivity contribution is 0.0941. The number of benzene rings is 1. The Labute approximate surface area is 138 Å². The monoisotopic (exact) mass is 328 g/mol. The van der Waals surface area contributed by atoms with Gasteiger partial charge >= 0.3 is 0 Å². The van der Waals surface area contributed by atoms with Crippen LogP contribution in [-0.4, -0.2) is 38.8 Å². The van der Waals surface area contributed by atoms with E-state index in [2.05, 4.69) is 17.6 Å². The molecule has 0 unspecified atom stereocenters. The van der Waals surface area contributed by atoms with Crippen molar-refractivity contribution in [2.24, 2.45) is 5.92 Å². The van der Waals surface area contributed by atoms with E-state index in [0.717, 1.165) is 19.5 Å². The van der Waals surface area contributed by atoms with Gasteiger partial charge in [0, 0.05) is 31.1 Å². The first-order valence-corrected chi connectivity index (χ1v) is 7.63. The number of hydrogen-bond donors (Lipinski definition) is 2. The van der Waals surface area contributed by atoms with Crippen LogP contribution in [0.4, 0.5) is 0 Å². The number of amides is 1. The minimum atomic E-state index is -0.0649. The van der Waals surface area contributed by atoms with Crippen LogP contribution in [0.5, 0.6) is 11.5 Å². The quantitative estimate of drug-likeness (QED) is 0.768. The normalized spacial score (nSPS) is 13.7. The second-order valence-corrected chi connectivity index (χ2v) is 5.18. The maximum Gasteiger partial charge on any atom is 0.251 e. The predicted octanol–water partition coefficient (Wildman–Crippen LogP) is 2.25. The van der Waals surface area contributed by atoms with Crippen LogP contribution in [0.3, 0.4) is 0 Å². The first-order chi connectivity index (χ1) is 10.2. The molecule has 0 spiro atoms. The highest BCUT2D eigenvalue weighted by molar-refractivity contribution is 5.94. The summed E-state index contributed by atoms with van der Waals surface area (Å²) in [7, 11) is 0. The Bertz CT molecular complexity index is 478. The largest absolute Gasteiger partial charge is 0.490 e. The van der Waals surface area contributed by atoms with Gasteiger partial charge in [-0.25, -0.2) is 0 Å². The number of rotatable bonds is 8. The van der Waals surface area contributed by atoms with Crippen molar-refractivity contribution in [3.05, 3.63) is 23.8 Å². The van der Waals surface area contributed by atoms with Gasteiger partial charge in [-0.05, 0) is 31.5 Å². The summed E-state index contributed by atoms with van der Waals surface area (Å²) in [6, 6.07) is 5.34. The number of halogens is 1. The third-order valence-electron chi connectivity index (χ3n) is 3.38. The lowest BCUT2D eigenvalue weighted by atomic mass is 10.0. The van der Waals surface area contributed by atoms with Crippen LogP contribution in [0, 0.1) is 5.92 Å². The van der Waals surface area contributed by atoms with Crippen molar-refractivity contribution in [3.8, 4) is 11.5 Å². The van der Waals surface area contributed by atoms with Crippen LogP contribution in [0.15, 0.2) is 18.2 Å². The van der Waals surface area contributed by atoms with E-state index in [1.54, 1.807) is 18.2 Å². The summed E-state index contributed by atoms with van der Waals surface area (Å²) in [5.74, 6) is 1.81. The first kappa shape index (κ1) is 18.6. The predicted molar refractivity (Wildman–Crippen MR) is 89.3 cm³/mol. The molecule has 1 aliphatic rings. The Balaban J connectivity index is 0.00000242. The van der Waals surface area contributed by atoms with Crippen LogP contribution >= 0.6 is 12.4 Å². The highest BCUT2D eigenvalue weighted by Crippen LogP contribution is 2.28. The molecule has 22 heavy (non-hydrogen) atoms. The van der Waals surface area contributed by atoms with Crippen molar-refractivity contribution in [3.63, 3.8) is 0 Å². The van der Waals surface area contributed by atoms with Crippen molar-refractivity contribution in [2.45, 2.75) is 20.3 Å². The zero-order chi connectivity index (χ0) is 15.1. The second kappa shape index (κ2) is 9.54. The number of ether oxygens (including phenoxy) is 2. The lowest BCUT2D eigenvalue weighted by Crippen LogP contribution is -2.48. The molecule has 0 aliphatic carbocycles. The summed E-state index contributed by atoms with van der Waals surface area (Å²) in [6.07, 6.45) is 0.934. The lowest BCUT2D eigenvalue weighted by Gasteiger charge is -2.27. The molecule has 1 saturated heterocycles. The highest BCUT2D eigenvalue weighted by Gasteiger charge is 2.18. The molecule has 1 fully saturated rings. The molecular formula is C16H25ClN2O3. The summed E-state index contributed by atoms with van der Waals surface area (Å²) in [4.78, 5) is 12.1. The summed E-state index contributed by atoms with van der Waals surface area (Å²) >= 11 is 0. The Morgan fingerprint density at radius 3 is 2.64 bits per heavy atom. The summed E-state index contributed by atoms with van der Waals surface area (Å²) in [5.41, 5.74) is 0.606. The molecule has 1 aromatic carbocycles. The number of nitrogens with one attached hydrogen (secondary N) is 2. The molecule has 0 atom stereocenters. The van der Waals surface area contributed by atoms with E-state index >= 15 is 0 Å². The summed E-state index contributed by atoms with van der Waals surface area (Å²) < 4.78 is 11.2. The van der Waals surface area contributed by atoms with E-state index in [9.17, 15) is 4.79 Å². The average molecular weight is 329 g/mol.